The zero-order valence-corrected chi connectivity index (χ0v) is 32.4. The second-order valence-electron chi connectivity index (χ2n) is 15.6. The van der Waals surface area contributed by atoms with E-state index in [4.69, 9.17) is 0 Å². The minimum atomic E-state index is 1.00. The number of nitrogens with zero attached hydrogens (tertiary/aromatic N) is 3. The monoisotopic (exact) mass is 757 g/mol. The van der Waals surface area contributed by atoms with Gasteiger partial charge in [-0.05, 0) is 109 Å². The Balaban J connectivity index is 1.02. The summed E-state index contributed by atoms with van der Waals surface area (Å²) in [5.41, 5.74) is 14.9. The summed E-state index contributed by atoms with van der Waals surface area (Å²) in [5.74, 6) is 0. The maximum Gasteiger partial charge on any atom is 0.0562 e. The highest BCUT2D eigenvalue weighted by atomic mass is 32.1. The molecule has 8 aromatic carbocycles. The predicted molar refractivity (Wildman–Crippen MR) is 248 cm³/mol. The van der Waals surface area contributed by atoms with E-state index in [1.807, 2.05) is 11.3 Å². The molecule has 0 saturated heterocycles. The molecule has 4 aromatic heterocycles. The quantitative estimate of drug-likeness (QED) is 0.170. The largest absolute Gasteiger partial charge is 0.313 e. The molecule has 4 heteroatoms. The third-order valence-corrected chi connectivity index (χ3v) is 13.6. The molecule has 0 bridgehead atoms. The summed E-state index contributed by atoms with van der Waals surface area (Å²) < 4.78 is 10.1. The van der Waals surface area contributed by atoms with Crippen LogP contribution in [0.4, 0.5) is 0 Å². The van der Waals surface area contributed by atoms with Gasteiger partial charge >= 0.3 is 0 Å². The number of benzene rings is 8. The van der Waals surface area contributed by atoms with Crippen molar-refractivity contribution in [2.24, 2.45) is 0 Å². The molecule has 0 saturated carbocycles. The predicted octanol–water partition coefficient (Wildman–Crippen LogP) is 14.8. The van der Waals surface area contributed by atoms with Crippen LogP contribution in [0.3, 0.4) is 0 Å². The van der Waals surface area contributed by atoms with Crippen LogP contribution in [0.2, 0.25) is 0 Å². The standard InChI is InChI=1S/C54H35N3S/c1-3-13-36(14-4-1)55-45-20-10-7-17-39(45)43-31-34(23-27-47(43)55)35-24-28-48-44(32-35)40-18-8-11-21-46(40)57(48)38-25-26-41-50(33-38)56(37-15-5-2-6-16-37)49-29-30-52-54(53(41)49)42-19-9-12-22-51(42)58-52/h1-10,12-20,22-33H,11,21H2. The van der Waals surface area contributed by atoms with Gasteiger partial charge in [0.25, 0.3) is 0 Å². The Morgan fingerprint density at radius 1 is 0.379 bits per heavy atom. The normalized spacial score (nSPS) is 13.0. The van der Waals surface area contributed by atoms with E-state index in [1.54, 1.807) is 0 Å². The van der Waals surface area contributed by atoms with E-state index < -0.39 is 0 Å². The highest BCUT2D eigenvalue weighted by molar-refractivity contribution is 7.26. The minimum absolute atomic E-state index is 1.00. The zero-order valence-electron chi connectivity index (χ0n) is 31.6. The van der Waals surface area contributed by atoms with Crippen molar-refractivity contribution >= 4 is 92.1 Å². The van der Waals surface area contributed by atoms with Gasteiger partial charge in [-0.3, -0.25) is 0 Å². The molecule has 0 N–H and O–H groups in total. The first-order chi connectivity index (χ1) is 28.8. The summed E-state index contributed by atoms with van der Waals surface area (Å²) in [6, 6.07) is 65.1. The van der Waals surface area contributed by atoms with Crippen molar-refractivity contribution < 1.29 is 0 Å². The van der Waals surface area contributed by atoms with E-state index in [0.717, 1.165) is 12.8 Å². The fourth-order valence-electron chi connectivity index (χ4n) is 10.0. The molecule has 0 spiro atoms. The third-order valence-electron chi connectivity index (χ3n) is 12.5. The topological polar surface area (TPSA) is 14.8 Å². The number of hydrogen-bond donors (Lipinski definition) is 0. The number of aromatic nitrogens is 3. The number of hydrogen-bond acceptors (Lipinski definition) is 1. The molecule has 13 rings (SSSR count). The van der Waals surface area contributed by atoms with Gasteiger partial charge in [0.2, 0.25) is 0 Å². The molecule has 0 atom stereocenters. The molecule has 4 heterocycles. The summed E-state index contributed by atoms with van der Waals surface area (Å²) in [5, 5.41) is 9.14. The van der Waals surface area contributed by atoms with Crippen LogP contribution in [0.5, 0.6) is 0 Å². The number of rotatable bonds is 4. The number of thiophene rings is 1. The average Bonchev–Trinajstić information content (AvgIpc) is 4.02. The lowest BCUT2D eigenvalue weighted by molar-refractivity contribution is 0.889. The highest BCUT2D eigenvalue weighted by Gasteiger charge is 2.23. The molecule has 0 fully saturated rings. The molecule has 1 aliphatic carbocycles. The Labute approximate surface area is 338 Å². The van der Waals surface area contributed by atoms with Crippen LogP contribution in [0.15, 0.2) is 182 Å². The fourth-order valence-corrected chi connectivity index (χ4v) is 11.1. The number of allylic oxidation sites excluding steroid dienone is 1. The van der Waals surface area contributed by atoms with Crippen LogP contribution in [0, 0.1) is 0 Å². The van der Waals surface area contributed by atoms with Crippen molar-refractivity contribution in [2.45, 2.75) is 12.8 Å². The van der Waals surface area contributed by atoms with Crippen LogP contribution in [-0.4, -0.2) is 13.7 Å². The van der Waals surface area contributed by atoms with E-state index in [1.165, 1.54) is 114 Å². The first kappa shape index (κ1) is 32.0. The minimum Gasteiger partial charge on any atom is -0.313 e. The molecular weight excluding hydrogens is 723 g/mol. The van der Waals surface area contributed by atoms with Gasteiger partial charge in [0.15, 0.2) is 0 Å². The Bertz CT molecular complexity index is 3670. The van der Waals surface area contributed by atoms with E-state index in [9.17, 15) is 0 Å². The van der Waals surface area contributed by atoms with Crippen LogP contribution in [-0.2, 0) is 6.42 Å². The first-order valence-electron chi connectivity index (χ1n) is 20.2. The van der Waals surface area contributed by atoms with E-state index in [-0.39, 0.29) is 0 Å². The van der Waals surface area contributed by atoms with E-state index in [0.29, 0.717) is 0 Å². The smallest absolute Gasteiger partial charge is 0.0562 e. The van der Waals surface area contributed by atoms with Crippen molar-refractivity contribution in [1.29, 1.82) is 0 Å². The zero-order chi connectivity index (χ0) is 37.9. The third kappa shape index (κ3) is 4.49. The van der Waals surface area contributed by atoms with Gasteiger partial charge in [-0.2, -0.15) is 0 Å². The maximum atomic E-state index is 2.54. The fraction of sp³-hybridized carbons (Fsp3) is 0.0370. The van der Waals surface area contributed by atoms with Crippen LogP contribution >= 0.6 is 11.3 Å². The molecule has 3 nitrogen and oxygen atoms in total. The van der Waals surface area contributed by atoms with Crippen molar-refractivity contribution in [2.75, 3.05) is 0 Å². The summed E-state index contributed by atoms with van der Waals surface area (Å²) in [7, 11) is 0. The van der Waals surface area contributed by atoms with Gasteiger partial charge in [0.1, 0.15) is 0 Å². The lowest BCUT2D eigenvalue weighted by Gasteiger charge is -2.14. The average molecular weight is 758 g/mol. The molecule has 0 radical (unpaired) electrons. The van der Waals surface area contributed by atoms with Gasteiger partial charge in [0, 0.05) is 75.4 Å². The summed E-state index contributed by atoms with van der Waals surface area (Å²) in [6.07, 6.45) is 6.74. The van der Waals surface area contributed by atoms with Crippen molar-refractivity contribution in [3.63, 3.8) is 0 Å². The molecule has 58 heavy (non-hydrogen) atoms. The Hall–Kier alpha value is -7.14. The Morgan fingerprint density at radius 3 is 1.81 bits per heavy atom. The molecule has 12 aromatic rings. The summed E-state index contributed by atoms with van der Waals surface area (Å²) in [4.78, 5) is 0. The van der Waals surface area contributed by atoms with Crippen LogP contribution in [0.25, 0.3) is 109 Å². The van der Waals surface area contributed by atoms with Crippen LogP contribution in [0.1, 0.15) is 17.7 Å². The van der Waals surface area contributed by atoms with Crippen LogP contribution < -0.4 is 0 Å². The van der Waals surface area contributed by atoms with E-state index in [2.05, 4.69) is 202 Å². The van der Waals surface area contributed by atoms with Gasteiger partial charge in [-0.25, -0.2) is 0 Å². The second-order valence-corrected chi connectivity index (χ2v) is 16.7. The Morgan fingerprint density at radius 2 is 1.02 bits per heavy atom. The number of para-hydroxylation sites is 3. The van der Waals surface area contributed by atoms with Gasteiger partial charge in [-0.15, -0.1) is 11.3 Å². The molecule has 0 aliphatic heterocycles. The van der Waals surface area contributed by atoms with E-state index >= 15 is 0 Å². The highest BCUT2D eigenvalue weighted by Crippen LogP contribution is 2.45. The van der Waals surface area contributed by atoms with Crippen molar-refractivity contribution in [3.8, 4) is 28.2 Å². The molecule has 0 unspecified atom stereocenters. The molecular formula is C54H35N3S. The Kier molecular flexibility index (Phi) is 6.72. The lowest BCUT2D eigenvalue weighted by atomic mass is 9.98. The first-order valence-corrected chi connectivity index (χ1v) is 21.0. The summed E-state index contributed by atoms with van der Waals surface area (Å²) in [6.45, 7) is 0. The van der Waals surface area contributed by atoms with Gasteiger partial charge in [-0.1, -0.05) is 103 Å². The maximum absolute atomic E-state index is 2.54. The SMILES string of the molecule is C1=Cc2c(n(-c3ccc4c5c6c(ccc5n(-c5ccccc5)c4c3)sc3ccccc36)c3ccc(-c4ccc5c(c4)c4ccccc4n5-c4ccccc4)cc23)CC1. The molecule has 1 aliphatic rings. The summed E-state index contributed by atoms with van der Waals surface area (Å²) >= 11 is 1.89. The molecule has 272 valence electrons. The number of fused-ring (bicyclic) bond motifs is 13. The lowest BCUT2D eigenvalue weighted by Crippen LogP contribution is -2.03. The second kappa shape index (κ2) is 12.2. The molecule has 0 amide bonds. The van der Waals surface area contributed by atoms with Crippen molar-refractivity contribution in [1.82, 2.24) is 13.7 Å². The van der Waals surface area contributed by atoms with Gasteiger partial charge in [0.05, 0.1) is 27.6 Å². The van der Waals surface area contributed by atoms with Gasteiger partial charge < -0.3 is 13.7 Å². The van der Waals surface area contributed by atoms with Crippen molar-refractivity contribution in [3.05, 3.63) is 193 Å².